The van der Waals surface area contributed by atoms with Crippen molar-refractivity contribution in [2.45, 2.75) is 20.5 Å². The second-order valence-corrected chi connectivity index (χ2v) is 9.62. The summed E-state index contributed by atoms with van der Waals surface area (Å²) in [6.45, 7) is 4.17. The molecule has 0 aromatic heterocycles. The van der Waals surface area contributed by atoms with Crippen molar-refractivity contribution in [3.8, 4) is 11.5 Å². The molecule has 1 aliphatic rings. The van der Waals surface area contributed by atoms with E-state index in [1.165, 1.54) is 0 Å². The summed E-state index contributed by atoms with van der Waals surface area (Å²) in [6, 6.07) is 20.1. The molecule has 0 unspecified atom stereocenters. The van der Waals surface area contributed by atoms with E-state index < -0.39 is 17.1 Å². The zero-order chi connectivity index (χ0) is 26.4. The summed E-state index contributed by atoms with van der Waals surface area (Å²) in [5, 5.41) is 2.47. The molecule has 0 spiro atoms. The van der Waals surface area contributed by atoms with Crippen molar-refractivity contribution >= 4 is 52.2 Å². The van der Waals surface area contributed by atoms with Gasteiger partial charge in [0, 0.05) is 5.69 Å². The highest BCUT2D eigenvalue weighted by molar-refractivity contribution is 8.18. The highest BCUT2D eigenvalue weighted by Crippen LogP contribution is 2.39. The average Bonchev–Trinajstić information content (AvgIpc) is 3.12. The van der Waals surface area contributed by atoms with Crippen LogP contribution in [0.4, 0.5) is 10.5 Å². The summed E-state index contributed by atoms with van der Waals surface area (Å²) in [6.07, 6.45) is 1.55. The van der Waals surface area contributed by atoms with Gasteiger partial charge < -0.3 is 14.8 Å². The molecule has 0 radical (unpaired) electrons. The molecular formula is C28H25ClN2O5S. The summed E-state index contributed by atoms with van der Waals surface area (Å²) in [4.78, 5) is 38.9. The fourth-order valence-electron chi connectivity index (χ4n) is 3.57. The van der Waals surface area contributed by atoms with Crippen LogP contribution in [0.5, 0.6) is 11.5 Å². The van der Waals surface area contributed by atoms with Gasteiger partial charge in [-0.2, -0.15) is 0 Å². The van der Waals surface area contributed by atoms with Crippen molar-refractivity contribution in [1.29, 1.82) is 0 Å². The number of hydrogen-bond donors (Lipinski definition) is 1. The Balaban J connectivity index is 1.49. The van der Waals surface area contributed by atoms with Gasteiger partial charge in [-0.1, -0.05) is 59.6 Å². The number of rotatable bonds is 9. The Hall–Kier alpha value is -3.75. The standard InChI is InChI=1S/C28H25ClN2O5S/c1-3-35-23-14-20(13-22(29)26(23)36-17-19-11-9-18(2)10-12-19)15-24-27(33)31(28(34)37-24)16-25(32)30-21-7-5-4-6-8-21/h4-15H,3,16-17H2,1-2H3,(H,30,32)/b24-15-. The third-order valence-corrected chi connectivity index (χ3v) is 6.55. The van der Waals surface area contributed by atoms with Crippen LogP contribution >= 0.6 is 23.4 Å². The summed E-state index contributed by atoms with van der Waals surface area (Å²) < 4.78 is 11.7. The van der Waals surface area contributed by atoms with Crippen molar-refractivity contribution in [1.82, 2.24) is 4.90 Å². The molecule has 3 aromatic rings. The molecule has 1 aliphatic heterocycles. The van der Waals surface area contributed by atoms with E-state index in [0.29, 0.717) is 41.0 Å². The molecule has 0 bridgehead atoms. The summed E-state index contributed by atoms with van der Waals surface area (Å²) in [5.74, 6) is -0.194. The number of imide groups is 1. The Morgan fingerprint density at radius 2 is 1.78 bits per heavy atom. The smallest absolute Gasteiger partial charge is 0.294 e. The van der Waals surface area contributed by atoms with Gasteiger partial charge in [0.25, 0.3) is 11.1 Å². The fourth-order valence-corrected chi connectivity index (χ4v) is 4.68. The van der Waals surface area contributed by atoms with Gasteiger partial charge in [-0.15, -0.1) is 0 Å². The second-order valence-electron chi connectivity index (χ2n) is 8.22. The molecule has 3 aromatic carbocycles. The lowest BCUT2D eigenvalue weighted by Gasteiger charge is -2.15. The van der Waals surface area contributed by atoms with E-state index in [0.717, 1.165) is 27.8 Å². The number of halogens is 1. The molecule has 0 aliphatic carbocycles. The van der Waals surface area contributed by atoms with Gasteiger partial charge in [0.2, 0.25) is 5.91 Å². The molecule has 1 heterocycles. The maximum Gasteiger partial charge on any atom is 0.294 e. The third-order valence-electron chi connectivity index (χ3n) is 5.37. The van der Waals surface area contributed by atoms with Gasteiger partial charge in [-0.25, -0.2) is 0 Å². The second kappa shape index (κ2) is 12.0. The Morgan fingerprint density at radius 1 is 1.05 bits per heavy atom. The van der Waals surface area contributed by atoms with Gasteiger partial charge in [0.15, 0.2) is 11.5 Å². The van der Waals surface area contributed by atoms with Crippen molar-refractivity contribution in [3.05, 3.63) is 93.3 Å². The maximum atomic E-state index is 12.9. The number of benzene rings is 3. The first-order chi connectivity index (χ1) is 17.8. The summed E-state index contributed by atoms with van der Waals surface area (Å²) >= 11 is 7.30. The van der Waals surface area contributed by atoms with Crippen molar-refractivity contribution in [2.24, 2.45) is 0 Å². The normalized spacial score (nSPS) is 14.2. The van der Waals surface area contributed by atoms with E-state index >= 15 is 0 Å². The van der Waals surface area contributed by atoms with E-state index in [-0.39, 0.29) is 11.4 Å². The Morgan fingerprint density at radius 3 is 2.49 bits per heavy atom. The lowest BCUT2D eigenvalue weighted by atomic mass is 10.1. The van der Waals surface area contributed by atoms with Crippen molar-refractivity contribution in [2.75, 3.05) is 18.5 Å². The lowest BCUT2D eigenvalue weighted by molar-refractivity contribution is -0.127. The zero-order valence-corrected chi connectivity index (χ0v) is 21.9. The van der Waals surface area contributed by atoms with Crippen molar-refractivity contribution in [3.63, 3.8) is 0 Å². The topological polar surface area (TPSA) is 84.9 Å². The number of nitrogens with zero attached hydrogens (tertiary/aromatic N) is 1. The lowest BCUT2D eigenvalue weighted by Crippen LogP contribution is -2.36. The minimum atomic E-state index is -0.549. The molecule has 190 valence electrons. The molecular weight excluding hydrogens is 512 g/mol. The van der Waals surface area contributed by atoms with Crippen LogP contribution in [0, 0.1) is 6.92 Å². The molecule has 1 N–H and O–H groups in total. The molecule has 0 atom stereocenters. The molecule has 7 nitrogen and oxygen atoms in total. The van der Waals surface area contributed by atoms with Crippen LogP contribution in [0.25, 0.3) is 6.08 Å². The molecule has 37 heavy (non-hydrogen) atoms. The highest BCUT2D eigenvalue weighted by Gasteiger charge is 2.36. The fraction of sp³-hybridized carbons (Fsp3) is 0.179. The molecule has 3 amide bonds. The summed E-state index contributed by atoms with van der Waals surface area (Å²) in [5.41, 5.74) is 3.29. The van der Waals surface area contributed by atoms with E-state index in [4.69, 9.17) is 21.1 Å². The minimum absolute atomic E-state index is 0.185. The van der Waals surface area contributed by atoms with Crippen LogP contribution in [0.3, 0.4) is 0 Å². The largest absolute Gasteiger partial charge is 0.490 e. The van der Waals surface area contributed by atoms with Gasteiger partial charge >= 0.3 is 0 Å². The Bertz CT molecular complexity index is 1340. The van der Waals surface area contributed by atoms with Gasteiger partial charge in [-0.3, -0.25) is 19.3 Å². The first-order valence-corrected chi connectivity index (χ1v) is 12.8. The van der Waals surface area contributed by atoms with Gasteiger partial charge in [-0.05, 0) is 67.1 Å². The minimum Gasteiger partial charge on any atom is -0.490 e. The molecule has 1 fully saturated rings. The number of thioether (sulfide) groups is 1. The van der Waals surface area contributed by atoms with Crippen LogP contribution in [0.2, 0.25) is 5.02 Å². The Labute approximate surface area is 224 Å². The first kappa shape index (κ1) is 26.3. The number of amides is 3. The summed E-state index contributed by atoms with van der Waals surface area (Å²) in [7, 11) is 0. The van der Waals surface area contributed by atoms with Crippen LogP contribution in [0.15, 0.2) is 71.6 Å². The SMILES string of the molecule is CCOc1cc(/C=C2\SC(=O)N(CC(=O)Nc3ccccc3)C2=O)cc(Cl)c1OCc1ccc(C)cc1. The van der Waals surface area contributed by atoms with E-state index in [2.05, 4.69) is 5.32 Å². The van der Waals surface area contributed by atoms with Crippen LogP contribution in [-0.4, -0.2) is 35.1 Å². The number of carbonyl (C=O) groups excluding carboxylic acids is 3. The predicted molar refractivity (Wildman–Crippen MR) is 146 cm³/mol. The number of nitrogens with one attached hydrogen (secondary N) is 1. The zero-order valence-electron chi connectivity index (χ0n) is 20.3. The van der Waals surface area contributed by atoms with E-state index in [9.17, 15) is 14.4 Å². The van der Waals surface area contributed by atoms with Crippen LogP contribution in [0.1, 0.15) is 23.6 Å². The quantitative estimate of drug-likeness (QED) is 0.323. The van der Waals surface area contributed by atoms with Gasteiger partial charge in [0.05, 0.1) is 16.5 Å². The molecule has 4 rings (SSSR count). The van der Waals surface area contributed by atoms with E-state index in [1.807, 2.05) is 44.2 Å². The van der Waals surface area contributed by atoms with Crippen LogP contribution in [-0.2, 0) is 16.2 Å². The first-order valence-electron chi connectivity index (χ1n) is 11.6. The van der Waals surface area contributed by atoms with E-state index in [1.54, 1.807) is 42.5 Å². The number of hydrogen-bond acceptors (Lipinski definition) is 6. The number of aryl methyl sites for hydroxylation is 1. The number of carbonyl (C=O) groups is 3. The predicted octanol–water partition coefficient (Wildman–Crippen LogP) is 6.30. The maximum absolute atomic E-state index is 12.9. The molecule has 0 saturated carbocycles. The van der Waals surface area contributed by atoms with Gasteiger partial charge in [0.1, 0.15) is 13.2 Å². The van der Waals surface area contributed by atoms with Crippen molar-refractivity contribution < 1.29 is 23.9 Å². The Kier molecular flexibility index (Phi) is 8.53. The highest BCUT2D eigenvalue weighted by atomic mass is 35.5. The van der Waals surface area contributed by atoms with Crippen LogP contribution < -0.4 is 14.8 Å². The monoisotopic (exact) mass is 536 g/mol. The molecule has 9 heteroatoms. The number of para-hydroxylation sites is 1. The number of anilines is 1. The molecule has 1 saturated heterocycles. The third kappa shape index (κ3) is 6.72. The average molecular weight is 537 g/mol. The number of ether oxygens (including phenoxy) is 2.